The standard InChI is InChI=1S/C23H30FN3O3/c1-16-13-21(29-3)22(30-4)14-18(16)15-26-9-11-27(12-10-26)17(2)23(28)25-20-7-5-19(24)6-8-20/h5-8,13-14,17H,9-12,15H2,1-4H3,(H,25,28). The van der Waals surface area contributed by atoms with Crippen LogP contribution in [0.5, 0.6) is 11.5 Å². The summed E-state index contributed by atoms with van der Waals surface area (Å²) >= 11 is 0. The van der Waals surface area contributed by atoms with E-state index in [9.17, 15) is 9.18 Å². The van der Waals surface area contributed by atoms with Crippen LogP contribution >= 0.6 is 0 Å². The van der Waals surface area contributed by atoms with E-state index in [1.165, 1.54) is 23.3 Å². The topological polar surface area (TPSA) is 54.0 Å². The average molecular weight is 416 g/mol. The molecule has 162 valence electrons. The van der Waals surface area contributed by atoms with Gasteiger partial charge in [-0.15, -0.1) is 0 Å². The van der Waals surface area contributed by atoms with E-state index in [-0.39, 0.29) is 17.8 Å². The molecule has 3 rings (SSSR count). The molecule has 7 heteroatoms. The number of carbonyl (C=O) groups excluding carboxylic acids is 1. The summed E-state index contributed by atoms with van der Waals surface area (Å²) in [5.41, 5.74) is 2.99. The number of nitrogens with one attached hydrogen (secondary N) is 1. The number of carbonyl (C=O) groups is 1. The number of nitrogens with zero attached hydrogens (tertiary/aromatic N) is 2. The molecule has 0 saturated carbocycles. The molecule has 1 unspecified atom stereocenters. The van der Waals surface area contributed by atoms with Crippen molar-refractivity contribution >= 4 is 11.6 Å². The highest BCUT2D eigenvalue weighted by molar-refractivity contribution is 5.94. The van der Waals surface area contributed by atoms with E-state index in [0.29, 0.717) is 5.69 Å². The van der Waals surface area contributed by atoms with Crippen LogP contribution in [0.2, 0.25) is 0 Å². The second kappa shape index (κ2) is 9.91. The molecule has 1 heterocycles. The van der Waals surface area contributed by atoms with E-state index >= 15 is 0 Å². The Balaban J connectivity index is 1.54. The molecule has 1 amide bonds. The second-order valence-electron chi connectivity index (χ2n) is 7.62. The predicted molar refractivity (Wildman–Crippen MR) is 116 cm³/mol. The predicted octanol–water partition coefficient (Wildman–Crippen LogP) is 3.30. The van der Waals surface area contributed by atoms with E-state index in [0.717, 1.165) is 44.2 Å². The average Bonchev–Trinajstić information content (AvgIpc) is 2.76. The number of hydrogen-bond donors (Lipinski definition) is 1. The molecule has 0 radical (unpaired) electrons. The maximum atomic E-state index is 13.0. The van der Waals surface area contributed by atoms with Crippen molar-refractivity contribution in [2.75, 3.05) is 45.7 Å². The Morgan fingerprint density at radius 2 is 1.67 bits per heavy atom. The van der Waals surface area contributed by atoms with E-state index in [2.05, 4.69) is 22.0 Å². The van der Waals surface area contributed by atoms with Gasteiger partial charge in [0.25, 0.3) is 0 Å². The van der Waals surface area contributed by atoms with Gasteiger partial charge in [-0.25, -0.2) is 4.39 Å². The smallest absolute Gasteiger partial charge is 0.241 e. The van der Waals surface area contributed by atoms with Crippen molar-refractivity contribution in [2.45, 2.75) is 26.4 Å². The Hall–Kier alpha value is -2.64. The van der Waals surface area contributed by atoms with Crippen molar-refractivity contribution in [1.29, 1.82) is 0 Å². The van der Waals surface area contributed by atoms with Crippen LogP contribution in [0.4, 0.5) is 10.1 Å². The summed E-state index contributed by atoms with van der Waals surface area (Å²) in [6, 6.07) is 9.63. The summed E-state index contributed by atoms with van der Waals surface area (Å²) in [4.78, 5) is 17.1. The lowest BCUT2D eigenvalue weighted by molar-refractivity contribution is -0.121. The summed E-state index contributed by atoms with van der Waals surface area (Å²) in [6.45, 7) is 8.19. The molecular weight excluding hydrogens is 385 g/mol. The minimum atomic E-state index is -0.318. The number of aryl methyl sites for hydroxylation is 1. The van der Waals surface area contributed by atoms with E-state index < -0.39 is 0 Å². The molecule has 1 N–H and O–H groups in total. The van der Waals surface area contributed by atoms with E-state index in [1.807, 2.05) is 19.1 Å². The van der Waals surface area contributed by atoms with Gasteiger partial charge in [0.05, 0.1) is 20.3 Å². The van der Waals surface area contributed by atoms with Gasteiger partial charge in [0.15, 0.2) is 11.5 Å². The summed E-state index contributed by atoms with van der Waals surface area (Å²) in [6.07, 6.45) is 0. The van der Waals surface area contributed by atoms with Gasteiger partial charge in [-0.1, -0.05) is 0 Å². The maximum Gasteiger partial charge on any atom is 0.241 e. The van der Waals surface area contributed by atoms with Crippen molar-refractivity contribution in [1.82, 2.24) is 9.80 Å². The molecule has 1 aliphatic heterocycles. The number of rotatable bonds is 7. The van der Waals surface area contributed by atoms with Crippen LogP contribution in [-0.2, 0) is 11.3 Å². The van der Waals surface area contributed by atoms with Gasteiger partial charge in [0.1, 0.15) is 5.82 Å². The van der Waals surface area contributed by atoms with E-state index in [1.54, 1.807) is 26.4 Å². The number of benzene rings is 2. The Labute approximate surface area is 177 Å². The molecule has 1 aliphatic rings. The number of halogens is 1. The molecule has 0 aliphatic carbocycles. The van der Waals surface area contributed by atoms with Crippen LogP contribution in [0, 0.1) is 12.7 Å². The zero-order valence-corrected chi connectivity index (χ0v) is 18.1. The van der Waals surface area contributed by atoms with Crippen LogP contribution in [0.1, 0.15) is 18.1 Å². The van der Waals surface area contributed by atoms with Crippen LogP contribution in [0.15, 0.2) is 36.4 Å². The third kappa shape index (κ3) is 5.29. The first-order valence-corrected chi connectivity index (χ1v) is 10.2. The van der Waals surface area contributed by atoms with Gasteiger partial charge in [-0.3, -0.25) is 14.6 Å². The highest BCUT2D eigenvalue weighted by atomic mass is 19.1. The van der Waals surface area contributed by atoms with Gasteiger partial charge in [-0.05, 0) is 61.4 Å². The van der Waals surface area contributed by atoms with Crippen molar-refractivity contribution < 1.29 is 18.7 Å². The highest BCUT2D eigenvalue weighted by Gasteiger charge is 2.26. The zero-order valence-electron chi connectivity index (χ0n) is 18.1. The Kier molecular flexibility index (Phi) is 7.29. The van der Waals surface area contributed by atoms with Gasteiger partial charge in [0.2, 0.25) is 5.91 Å². The number of ether oxygens (including phenoxy) is 2. The largest absolute Gasteiger partial charge is 0.493 e. The highest BCUT2D eigenvalue weighted by Crippen LogP contribution is 2.31. The minimum absolute atomic E-state index is 0.0780. The summed E-state index contributed by atoms with van der Waals surface area (Å²) in [7, 11) is 3.29. The summed E-state index contributed by atoms with van der Waals surface area (Å²) in [5, 5.41) is 2.86. The molecule has 2 aromatic rings. The molecule has 1 atom stereocenters. The lowest BCUT2D eigenvalue weighted by Gasteiger charge is -2.37. The summed E-state index contributed by atoms with van der Waals surface area (Å²) < 4.78 is 23.8. The van der Waals surface area contributed by atoms with Crippen molar-refractivity contribution in [3.8, 4) is 11.5 Å². The van der Waals surface area contributed by atoms with Crippen LogP contribution in [-0.4, -0.2) is 62.1 Å². The fourth-order valence-corrected chi connectivity index (χ4v) is 3.69. The fraction of sp³-hybridized carbons (Fsp3) is 0.435. The Morgan fingerprint density at radius 3 is 2.27 bits per heavy atom. The van der Waals surface area contributed by atoms with Crippen molar-refractivity contribution in [3.63, 3.8) is 0 Å². The molecule has 0 bridgehead atoms. The Bertz CT molecular complexity index is 865. The molecule has 0 aromatic heterocycles. The molecule has 0 spiro atoms. The van der Waals surface area contributed by atoms with Crippen LogP contribution in [0.3, 0.4) is 0 Å². The third-order valence-corrected chi connectivity index (χ3v) is 5.68. The fourth-order valence-electron chi connectivity index (χ4n) is 3.69. The zero-order chi connectivity index (χ0) is 21.7. The quantitative estimate of drug-likeness (QED) is 0.752. The number of amides is 1. The Morgan fingerprint density at radius 1 is 1.07 bits per heavy atom. The van der Waals surface area contributed by atoms with Crippen LogP contribution < -0.4 is 14.8 Å². The molecule has 1 fully saturated rings. The number of methoxy groups -OCH3 is 2. The molecule has 1 saturated heterocycles. The molecular formula is C23H30FN3O3. The monoisotopic (exact) mass is 415 g/mol. The van der Waals surface area contributed by atoms with Crippen LogP contribution in [0.25, 0.3) is 0 Å². The van der Waals surface area contributed by atoms with Gasteiger partial charge < -0.3 is 14.8 Å². The van der Waals surface area contributed by atoms with Gasteiger partial charge in [0, 0.05) is 38.4 Å². The van der Waals surface area contributed by atoms with Gasteiger partial charge in [-0.2, -0.15) is 0 Å². The number of anilines is 1. The first-order valence-electron chi connectivity index (χ1n) is 10.2. The summed E-state index contributed by atoms with van der Waals surface area (Å²) in [5.74, 6) is 1.08. The molecule has 6 nitrogen and oxygen atoms in total. The van der Waals surface area contributed by atoms with Crippen molar-refractivity contribution in [3.05, 3.63) is 53.3 Å². The SMILES string of the molecule is COc1cc(C)c(CN2CCN(C(C)C(=O)Nc3ccc(F)cc3)CC2)cc1OC. The first kappa shape index (κ1) is 22.1. The van der Waals surface area contributed by atoms with E-state index in [4.69, 9.17) is 9.47 Å². The first-order chi connectivity index (χ1) is 14.4. The number of piperazine rings is 1. The third-order valence-electron chi connectivity index (χ3n) is 5.68. The minimum Gasteiger partial charge on any atom is -0.493 e. The second-order valence-corrected chi connectivity index (χ2v) is 7.62. The lowest BCUT2D eigenvalue weighted by Crippen LogP contribution is -2.52. The van der Waals surface area contributed by atoms with Gasteiger partial charge >= 0.3 is 0 Å². The van der Waals surface area contributed by atoms with Crippen molar-refractivity contribution in [2.24, 2.45) is 0 Å². The number of hydrogen-bond acceptors (Lipinski definition) is 5. The molecule has 2 aromatic carbocycles. The maximum absolute atomic E-state index is 13.0. The normalized spacial score (nSPS) is 16.2. The molecule has 30 heavy (non-hydrogen) atoms. The lowest BCUT2D eigenvalue weighted by atomic mass is 10.1.